The first-order valence-corrected chi connectivity index (χ1v) is 13.7. The van der Waals surface area contributed by atoms with Crippen LogP contribution in [0.5, 0.6) is 0 Å². The van der Waals surface area contributed by atoms with Crippen molar-refractivity contribution in [3.8, 4) is 0 Å². The van der Waals surface area contributed by atoms with Crippen molar-refractivity contribution in [2.45, 2.75) is 75.0 Å². The minimum Gasteiger partial charge on any atom is -0.373 e. The minimum absolute atomic E-state index is 0.218. The van der Waals surface area contributed by atoms with Gasteiger partial charge in [0.15, 0.2) is 5.15 Å². The van der Waals surface area contributed by atoms with Crippen molar-refractivity contribution in [2.75, 3.05) is 25.0 Å². The molecule has 1 atom stereocenters. The predicted molar refractivity (Wildman–Crippen MR) is 138 cm³/mol. The molecule has 2 aliphatic heterocycles. The lowest BCUT2D eigenvalue weighted by Gasteiger charge is -2.39. The van der Waals surface area contributed by atoms with E-state index < -0.39 is 0 Å². The Hall–Kier alpha value is -1.93. The summed E-state index contributed by atoms with van der Waals surface area (Å²) in [6, 6.07) is 5.17. The van der Waals surface area contributed by atoms with E-state index in [-0.39, 0.29) is 5.60 Å². The molecule has 1 spiro atoms. The number of fused-ring (bicyclic) bond motifs is 1. The highest BCUT2D eigenvalue weighted by Crippen LogP contribution is 2.45. The first kappa shape index (κ1) is 22.3. The van der Waals surface area contributed by atoms with Gasteiger partial charge in [0.1, 0.15) is 0 Å². The molecule has 0 bridgehead atoms. The summed E-state index contributed by atoms with van der Waals surface area (Å²) in [5.74, 6) is 0.963. The monoisotopic (exact) mass is 512 g/mol. The van der Waals surface area contributed by atoms with Gasteiger partial charge in [0.25, 0.3) is 0 Å². The summed E-state index contributed by atoms with van der Waals surface area (Å²) in [6.45, 7) is 3.10. The van der Waals surface area contributed by atoms with Crippen LogP contribution in [0.3, 0.4) is 0 Å². The Morgan fingerprint density at radius 2 is 1.86 bits per heavy atom. The van der Waals surface area contributed by atoms with Crippen molar-refractivity contribution in [1.82, 2.24) is 24.6 Å². The predicted octanol–water partition coefficient (Wildman–Crippen LogP) is 6.10. The molecular weight excluding hydrogens is 483 g/mol. The Labute approximate surface area is 215 Å². The van der Waals surface area contributed by atoms with Gasteiger partial charge in [-0.05, 0) is 88.1 Å². The molecule has 2 saturated heterocycles. The molecule has 3 aromatic rings. The molecule has 2 aliphatic carbocycles. The third-order valence-electron chi connectivity index (χ3n) is 8.51. The number of halogens is 2. The Kier molecular flexibility index (Phi) is 5.46. The first-order valence-electron chi connectivity index (χ1n) is 12.9. The van der Waals surface area contributed by atoms with E-state index in [4.69, 9.17) is 32.9 Å². The van der Waals surface area contributed by atoms with E-state index in [1.165, 1.54) is 31.2 Å². The maximum atomic E-state index is 6.76. The van der Waals surface area contributed by atoms with E-state index in [1.807, 2.05) is 16.9 Å². The van der Waals surface area contributed by atoms with Gasteiger partial charge in [-0.1, -0.05) is 23.2 Å². The molecule has 7 rings (SSSR count). The third kappa shape index (κ3) is 4.10. The SMILES string of the molecule is Clc1cc2cnc(Nc3cnn(C4CC4)c3Cl)nc2cc1C1CCN(C2COC3(CCC3)C2)CC1. The number of piperidine rings is 1. The molecule has 184 valence electrons. The highest BCUT2D eigenvalue weighted by atomic mass is 35.5. The number of nitrogens with one attached hydrogen (secondary N) is 1. The quantitative estimate of drug-likeness (QED) is 0.445. The van der Waals surface area contributed by atoms with E-state index in [2.05, 4.69) is 26.4 Å². The number of ether oxygens (including phenoxy) is 1. The average Bonchev–Trinajstić information content (AvgIpc) is 3.47. The normalized spacial score (nSPS) is 24.8. The Balaban J connectivity index is 1.06. The lowest BCUT2D eigenvalue weighted by molar-refractivity contribution is -0.0567. The third-order valence-corrected chi connectivity index (χ3v) is 9.22. The first-order chi connectivity index (χ1) is 17.1. The summed E-state index contributed by atoms with van der Waals surface area (Å²) >= 11 is 13.3. The van der Waals surface area contributed by atoms with Crippen molar-refractivity contribution >= 4 is 45.7 Å². The van der Waals surface area contributed by atoms with E-state index in [9.17, 15) is 0 Å². The fourth-order valence-electron chi connectivity index (χ4n) is 6.12. The van der Waals surface area contributed by atoms with Gasteiger partial charge in [0, 0.05) is 22.6 Å². The number of benzene rings is 1. The van der Waals surface area contributed by atoms with Gasteiger partial charge in [0.05, 0.1) is 35.7 Å². The van der Waals surface area contributed by atoms with Gasteiger partial charge in [-0.25, -0.2) is 14.6 Å². The largest absolute Gasteiger partial charge is 0.373 e. The summed E-state index contributed by atoms with van der Waals surface area (Å²) in [7, 11) is 0. The van der Waals surface area contributed by atoms with Crippen LogP contribution in [0.25, 0.3) is 10.9 Å². The van der Waals surface area contributed by atoms with E-state index in [0.717, 1.165) is 67.0 Å². The smallest absolute Gasteiger partial charge is 0.227 e. The number of anilines is 2. The summed E-state index contributed by atoms with van der Waals surface area (Å²) in [6.07, 6.45) is 13.1. The summed E-state index contributed by atoms with van der Waals surface area (Å²) in [4.78, 5) is 11.9. The van der Waals surface area contributed by atoms with Crippen molar-refractivity contribution in [3.63, 3.8) is 0 Å². The van der Waals surface area contributed by atoms with Crippen molar-refractivity contribution in [2.24, 2.45) is 0 Å². The lowest BCUT2D eigenvalue weighted by Crippen LogP contribution is -2.43. The zero-order chi connectivity index (χ0) is 23.6. The second kappa shape index (κ2) is 8.58. The second-order valence-corrected chi connectivity index (χ2v) is 11.6. The van der Waals surface area contributed by atoms with Crippen LogP contribution < -0.4 is 5.32 Å². The molecule has 0 radical (unpaired) electrons. The standard InChI is InChI=1S/C26H30Cl2N6O/c27-21-10-17-13-29-25(32-23-14-30-34(24(23)28)18-2-3-18)31-22(17)11-20(21)16-4-8-33(9-5-16)19-12-26(35-15-19)6-1-7-26/h10-11,13-14,16,18-19H,1-9,12,15H2,(H,29,31,32). The van der Waals surface area contributed by atoms with Gasteiger partial charge < -0.3 is 10.1 Å². The van der Waals surface area contributed by atoms with Crippen LogP contribution in [0.15, 0.2) is 24.5 Å². The average molecular weight is 513 g/mol. The van der Waals surface area contributed by atoms with Crippen LogP contribution in [0.1, 0.15) is 68.9 Å². The number of rotatable bonds is 5. The number of nitrogens with zero attached hydrogens (tertiary/aromatic N) is 5. The fraction of sp³-hybridized carbons (Fsp3) is 0.577. The summed E-state index contributed by atoms with van der Waals surface area (Å²) in [5.41, 5.74) is 3.04. The van der Waals surface area contributed by atoms with E-state index in [0.29, 0.717) is 29.1 Å². The molecule has 9 heteroatoms. The van der Waals surface area contributed by atoms with Crippen LogP contribution >= 0.6 is 23.2 Å². The molecule has 7 nitrogen and oxygen atoms in total. The minimum atomic E-state index is 0.218. The summed E-state index contributed by atoms with van der Waals surface area (Å²) in [5, 5.41) is 10.0. The molecular formula is C26H30Cl2N6O. The van der Waals surface area contributed by atoms with Gasteiger partial charge in [-0.15, -0.1) is 0 Å². The highest BCUT2D eigenvalue weighted by Gasteiger charge is 2.46. The Morgan fingerprint density at radius 3 is 2.57 bits per heavy atom. The second-order valence-electron chi connectivity index (χ2n) is 10.8. The van der Waals surface area contributed by atoms with Crippen LogP contribution in [0.4, 0.5) is 11.6 Å². The highest BCUT2D eigenvalue weighted by molar-refractivity contribution is 6.32. The van der Waals surface area contributed by atoms with Gasteiger partial charge in [0.2, 0.25) is 5.95 Å². The lowest BCUT2D eigenvalue weighted by atomic mass is 9.77. The molecule has 0 amide bonds. The van der Waals surface area contributed by atoms with Crippen LogP contribution in [0, 0.1) is 0 Å². The Morgan fingerprint density at radius 1 is 1.03 bits per heavy atom. The van der Waals surface area contributed by atoms with Crippen LogP contribution in [-0.4, -0.2) is 56.0 Å². The van der Waals surface area contributed by atoms with Gasteiger partial charge >= 0.3 is 0 Å². The fourth-order valence-corrected chi connectivity index (χ4v) is 6.72. The maximum Gasteiger partial charge on any atom is 0.227 e. The van der Waals surface area contributed by atoms with Crippen molar-refractivity contribution in [1.29, 1.82) is 0 Å². The van der Waals surface area contributed by atoms with Gasteiger partial charge in [-0.3, -0.25) is 4.90 Å². The van der Waals surface area contributed by atoms with E-state index >= 15 is 0 Å². The van der Waals surface area contributed by atoms with Crippen LogP contribution in [-0.2, 0) is 4.74 Å². The molecule has 35 heavy (non-hydrogen) atoms. The maximum absolute atomic E-state index is 6.76. The summed E-state index contributed by atoms with van der Waals surface area (Å²) < 4.78 is 8.08. The number of aromatic nitrogens is 4. The van der Waals surface area contributed by atoms with Crippen molar-refractivity contribution < 1.29 is 4.74 Å². The van der Waals surface area contributed by atoms with Crippen LogP contribution in [0.2, 0.25) is 10.2 Å². The zero-order valence-corrected chi connectivity index (χ0v) is 21.2. The molecule has 1 unspecified atom stereocenters. The molecule has 4 aliphatic rings. The van der Waals surface area contributed by atoms with E-state index in [1.54, 1.807) is 6.20 Å². The van der Waals surface area contributed by atoms with Gasteiger partial charge in [-0.2, -0.15) is 5.10 Å². The number of hydrogen-bond acceptors (Lipinski definition) is 6. The van der Waals surface area contributed by atoms with Crippen molar-refractivity contribution in [3.05, 3.63) is 40.3 Å². The topological polar surface area (TPSA) is 68.1 Å². The molecule has 4 fully saturated rings. The number of likely N-dealkylation sites (tertiary alicyclic amines) is 1. The number of hydrogen-bond donors (Lipinski definition) is 1. The molecule has 4 heterocycles. The molecule has 1 N–H and O–H groups in total. The molecule has 2 saturated carbocycles. The molecule has 1 aromatic carbocycles. The Bertz CT molecular complexity index is 1260. The molecule has 2 aromatic heterocycles. The zero-order valence-electron chi connectivity index (χ0n) is 19.7.